The summed E-state index contributed by atoms with van der Waals surface area (Å²) in [6, 6.07) is 17.3. The van der Waals surface area contributed by atoms with E-state index in [1.54, 1.807) is 6.07 Å². The lowest BCUT2D eigenvalue weighted by Gasteiger charge is -2.12. The second-order valence-electron chi connectivity index (χ2n) is 5.60. The van der Waals surface area contributed by atoms with Crippen LogP contribution in [-0.4, -0.2) is 15.4 Å². The number of benzene rings is 2. The number of rotatable bonds is 5. The first kappa shape index (κ1) is 15.9. The van der Waals surface area contributed by atoms with Gasteiger partial charge in [-0.25, -0.2) is 4.98 Å². The smallest absolute Gasteiger partial charge is 0.283 e. The molecule has 0 radical (unpaired) electrons. The van der Waals surface area contributed by atoms with E-state index in [4.69, 9.17) is 0 Å². The van der Waals surface area contributed by atoms with Crippen LogP contribution >= 0.6 is 0 Å². The summed E-state index contributed by atoms with van der Waals surface area (Å²) >= 11 is 0. The fourth-order valence-corrected chi connectivity index (χ4v) is 2.35. The van der Waals surface area contributed by atoms with Gasteiger partial charge in [0.05, 0.1) is 10.9 Å². The molecular formula is C19H20N4O. The summed E-state index contributed by atoms with van der Waals surface area (Å²) in [4.78, 5) is 17.4. The highest BCUT2D eigenvalue weighted by atomic mass is 16.1. The Labute approximate surface area is 140 Å². The normalized spacial score (nSPS) is 11.7. The lowest BCUT2D eigenvalue weighted by Crippen LogP contribution is -2.23. The molecule has 0 aliphatic rings. The summed E-state index contributed by atoms with van der Waals surface area (Å²) in [5.41, 5.74) is 2.49. The third-order valence-corrected chi connectivity index (χ3v) is 3.83. The molecule has 0 unspecified atom stereocenters. The molecule has 0 fully saturated rings. The Morgan fingerprint density at radius 1 is 1.12 bits per heavy atom. The van der Waals surface area contributed by atoms with Gasteiger partial charge in [-0.05, 0) is 31.0 Å². The van der Waals surface area contributed by atoms with Gasteiger partial charge in [-0.2, -0.15) is 9.78 Å². The van der Waals surface area contributed by atoms with Gasteiger partial charge in [0.2, 0.25) is 5.95 Å². The Morgan fingerprint density at radius 2 is 1.83 bits per heavy atom. The summed E-state index contributed by atoms with van der Waals surface area (Å²) in [6.45, 7) is 4.49. The first-order valence-corrected chi connectivity index (χ1v) is 8.03. The zero-order valence-corrected chi connectivity index (χ0v) is 13.9. The molecule has 0 atom stereocenters. The van der Waals surface area contributed by atoms with Crippen molar-refractivity contribution in [3.05, 3.63) is 70.5 Å². The number of aromatic nitrogens is 2. The van der Waals surface area contributed by atoms with Crippen molar-refractivity contribution < 1.29 is 0 Å². The number of para-hydroxylation sites is 1. The standard InChI is InChI=1S/C19H20N4O/c1-3-14(2)22-23-18(24)16-11-7-8-12-17(16)21-19(23)20-13-15-9-5-4-6-10-15/h4-12H,3,13H2,1-2H3,(H,20,21)/b22-14+. The molecule has 122 valence electrons. The van der Waals surface area contributed by atoms with Gasteiger partial charge in [0.25, 0.3) is 5.56 Å². The van der Waals surface area contributed by atoms with Crippen LogP contribution in [0.15, 0.2) is 64.5 Å². The van der Waals surface area contributed by atoms with Crippen molar-refractivity contribution >= 4 is 22.6 Å². The lowest BCUT2D eigenvalue weighted by atomic mass is 10.2. The van der Waals surface area contributed by atoms with Crippen LogP contribution in [-0.2, 0) is 6.54 Å². The largest absolute Gasteiger partial charge is 0.350 e. The van der Waals surface area contributed by atoms with E-state index in [0.717, 1.165) is 17.7 Å². The van der Waals surface area contributed by atoms with E-state index in [1.165, 1.54) is 4.68 Å². The van der Waals surface area contributed by atoms with Crippen molar-refractivity contribution in [2.24, 2.45) is 5.10 Å². The lowest BCUT2D eigenvalue weighted by molar-refractivity contribution is 0.804. The maximum Gasteiger partial charge on any atom is 0.283 e. The van der Waals surface area contributed by atoms with Crippen LogP contribution < -0.4 is 10.9 Å². The van der Waals surface area contributed by atoms with E-state index in [0.29, 0.717) is 23.4 Å². The van der Waals surface area contributed by atoms with Crippen molar-refractivity contribution in [3.8, 4) is 0 Å². The minimum Gasteiger partial charge on any atom is -0.350 e. The zero-order chi connectivity index (χ0) is 16.9. The molecule has 2 aromatic carbocycles. The predicted octanol–water partition coefficient (Wildman–Crippen LogP) is 3.64. The Balaban J connectivity index is 2.07. The van der Waals surface area contributed by atoms with Gasteiger partial charge in [0, 0.05) is 12.3 Å². The van der Waals surface area contributed by atoms with Crippen LogP contribution in [0.4, 0.5) is 5.95 Å². The highest BCUT2D eigenvalue weighted by Gasteiger charge is 2.10. The van der Waals surface area contributed by atoms with E-state index in [2.05, 4.69) is 15.4 Å². The maximum absolute atomic E-state index is 12.8. The fourth-order valence-electron chi connectivity index (χ4n) is 2.35. The summed E-state index contributed by atoms with van der Waals surface area (Å²) in [5, 5.41) is 8.24. The number of hydrogen-bond donors (Lipinski definition) is 1. The molecule has 24 heavy (non-hydrogen) atoms. The highest BCUT2D eigenvalue weighted by Crippen LogP contribution is 2.12. The van der Waals surface area contributed by atoms with Gasteiger partial charge in [0.15, 0.2) is 0 Å². The van der Waals surface area contributed by atoms with E-state index in [-0.39, 0.29) is 5.56 Å². The van der Waals surface area contributed by atoms with Crippen molar-refractivity contribution in [2.45, 2.75) is 26.8 Å². The molecule has 0 aliphatic carbocycles. The summed E-state index contributed by atoms with van der Waals surface area (Å²) in [6.07, 6.45) is 0.775. The minimum atomic E-state index is -0.163. The summed E-state index contributed by atoms with van der Waals surface area (Å²) < 4.78 is 1.37. The van der Waals surface area contributed by atoms with Gasteiger partial charge in [-0.1, -0.05) is 49.4 Å². The molecule has 3 aromatic rings. The Hall–Kier alpha value is -2.95. The molecule has 5 heteroatoms. The van der Waals surface area contributed by atoms with Gasteiger partial charge >= 0.3 is 0 Å². The van der Waals surface area contributed by atoms with Crippen molar-refractivity contribution in [1.29, 1.82) is 0 Å². The first-order valence-electron chi connectivity index (χ1n) is 8.03. The van der Waals surface area contributed by atoms with Crippen LogP contribution in [0, 0.1) is 0 Å². The molecule has 0 spiro atoms. The fraction of sp³-hybridized carbons (Fsp3) is 0.211. The average Bonchev–Trinajstić information content (AvgIpc) is 2.63. The number of hydrogen-bond acceptors (Lipinski definition) is 4. The molecule has 0 aliphatic heterocycles. The Kier molecular flexibility index (Phi) is 4.70. The Morgan fingerprint density at radius 3 is 2.58 bits per heavy atom. The van der Waals surface area contributed by atoms with Crippen LogP contribution in [0.2, 0.25) is 0 Å². The zero-order valence-electron chi connectivity index (χ0n) is 13.9. The topological polar surface area (TPSA) is 59.3 Å². The second kappa shape index (κ2) is 7.08. The van der Waals surface area contributed by atoms with Crippen LogP contribution in [0.3, 0.4) is 0 Å². The molecule has 1 aromatic heterocycles. The van der Waals surface area contributed by atoms with Crippen molar-refractivity contribution in [3.63, 3.8) is 0 Å². The third-order valence-electron chi connectivity index (χ3n) is 3.83. The monoisotopic (exact) mass is 320 g/mol. The molecule has 1 N–H and O–H groups in total. The Bertz CT molecular complexity index is 929. The van der Waals surface area contributed by atoms with E-state index in [9.17, 15) is 4.79 Å². The van der Waals surface area contributed by atoms with Crippen LogP contribution in [0.5, 0.6) is 0 Å². The number of anilines is 1. The van der Waals surface area contributed by atoms with E-state index < -0.39 is 0 Å². The molecule has 1 heterocycles. The first-order chi connectivity index (χ1) is 11.7. The van der Waals surface area contributed by atoms with Crippen LogP contribution in [0.25, 0.3) is 10.9 Å². The summed E-state index contributed by atoms with van der Waals surface area (Å²) in [5.74, 6) is 0.454. The predicted molar refractivity (Wildman–Crippen MR) is 98.6 cm³/mol. The molecule has 0 amide bonds. The SMILES string of the molecule is CC/C(C)=N/n1c(NCc2ccccc2)nc2ccccc2c1=O. The molecule has 0 saturated carbocycles. The molecular weight excluding hydrogens is 300 g/mol. The third kappa shape index (κ3) is 3.35. The van der Waals surface area contributed by atoms with Crippen molar-refractivity contribution in [1.82, 2.24) is 9.66 Å². The van der Waals surface area contributed by atoms with Gasteiger partial charge in [-0.3, -0.25) is 4.79 Å². The maximum atomic E-state index is 12.8. The second-order valence-corrected chi connectivity index (χ2v) is 5.60. The molecule has 5 nitrogen and oxygen atoms in total. The molecule has 3 rings (SSSR count). The van der Waals surface area contributed by atoms with E-state index in [1.807, 2.05) is 62.4 Å². The van der Waals surface area contributed by atoms with Crippen molar-refractivity contribution in [2.75, 3.05) is 5.32 Å². The quantitative estimate of drug-likeness (QED) is 0.730. The number of fused-ring (bicyclic) bond motifs is 1. The van der Waals surface area contributed by atoms with Gasteiger partial charge in [-0.15, -0.1) is 0 Å². The summed E-state index contributed by atoms with van der Waals surface area (Å²) in [7, 11) is 0. The van der Waals surface area contributed by atoms with Gasteiger partial charge < -0.3 is 5.32 Å². The van der Waals surface area contributed by atoms with Gasteiger partial charge in [0.1, 0.15) is 0 Å². The van der Waals surface area contributed by atoms with Crippen LogP contribution in [0.1, 0.15) is 25.8 Å². The minimum absolute atomic E-state index is 0.163. The molecule has 0 saturated heterocycles. The number of nitrogens with one attached hydrogen (secondary N) is 1. The average molecular weight is 320 g/mol. The molecule has 0 bridgehead atoms. The highest BCUT2D eigenvalue weighted by molar-refractivity contribution is 5.82. The number of nitrogens with zero attached hydrogens (tertiary/aromatic N) is 3. The van der Waals surface area contributed by atoms with E-state index >= 15 is 0 Å².